The molecule has 3 heterocycles. The number of halogens is 1. The number of aromatic nitrogens is 5. The maximum Gasteiger partial charge on any atom is 0.281 e. The number of hydrogen-bond donors (Lipinski definition) is 2. The number of hydrogen-bond acceptors (Lipinski definition) is 8. The number of aromatic amines is 1. The maximum absolute atomic E-state index is 13.4. The molecule has 0 bridgehead atoms. The predicted molar refractivity (Wildman–Crippen MR) is 160 cm³/mol. The average Bonchev–Trinajstić information content (AvgIpc) is 3.25. The van der Waals surface area contributed by atoms with Gasteiger partial charge >= 0.3 is 0 Å². The van der Waals surface area contributed by atoms with E-state index in [1.165, 1.54) is 45.4 Å². The summed E-state index contributed by atoms with van der Waals surface area (Å²) in [5, 5.41) is 8.01. The molecule has 1 aliphatic carbocycles. The van der Waals surface area contributed by atoms with Gasteiger partial charge in [-0.15, -0.1) is 5.10 Å². The van der Waals surface area contributed by atoms with Crippen molar-refractivity contribution in [1.29, 1.82) is 0 Å². The van der Waals surface area contributed by atoms with Crippen LogP contribution in [-0.2, 0) is 26.6 Å². The van der Waals surface area contributed by atoms with Gasteiger partial charge < -0.3 is 4.98 Å². The Labute approximate surface area is 254 Å². The number of H-pyrrole nitrogens is 1. The second-order valence-electron chi connectivity index (χ2n) is 11.5. The predicted octanol–water partition coefficient (Wildman–Crippen LogP) is 3.27. The van der Waals surface area contributed by atoms with Gasteiger partial charge in [0.05, 0.1) is 16.3 Å². The molecule has 2 fully saturated rings. The quantitative estimate of drug-likeness (QED) is 0.277. The molecule has 1 aliphatic heterocycles. The molecule has 0 unspecified atom stereocenters. The highest BCUT2D eigenvalue weighted by Gasteiger charge is 2.32. The van der Waals surface area contributed by atoms with Crippen molar-refractivity contribution in [2.24, 2.45) is 0 Å². The van der Waals surface area contributed by atoms with Crippen molar-refractivity contribution in [1.82, 2.24) is 34.0 Å². The zero-order valence-corrected chi connectivity index (χ0v) is 25.7. The van der Waals surface area contributed by atoms with Crippen molar-refractivity contribution in [3.05, 3.63) is 76.1 Å². The molecule has 2 N–H and O–H groups in total. The average molecular weight is 644 g/mol. The summed E-state index contributed by atoms with van der Waals surface area (Å²) in [7, 11) is -7.62. The van der Waals surface area contributed by atoms with E-state index in [-0.39, 0.29) is 52.7 Å². The minimum atomic E-state index is -3.87. The number of rotatable bonds is 8. The molecule has 4 aromatic rings. The van der Waals surface area contributed by atoms with E-state index in [0.717, 1.165) is 44.1 Å². The molecule has 15 heteroatoms. The second-order valence-corrected chi connectivity index (χ2v) is 15.1. The first-order valence-corrected chi connectivity index (χ1v) is 17.7. The van der Waals surface area contributed by atoms with Gasteiger partial charge in [-0.2, -0.15) is 4.31 Å². The largest absolute Gasteiger partial charge is 0.308 e. The van der Waals surface area contributed by atoms with Gasteiger partial charge in [-0.3, -0.25) is 4.79 Å². The van der Waals surface area contributed by atoms with E-state index in [4.69, 9.17) is 0 Å². The second kappa shape index (κ2) is 12.5. The summed E-state index contributed by atoms with van der Waals surface area (Å²) in [6, 6.07) is 11.2. The standard InChI is InChI=1S/C29H34FN7O5S2/c30-22-9-7-20(8-10-22)19-37-28-26(33-35-37)29(38)32-27(31-28)21-15-17-36(18-16-21)44(41,42)25-13-11-24(12-14-25)43(39,40)34-23-5-3-1-2-4-6-23/h7-14,21,23,34H,1-6,15-19H2,(H,31,32,38). The van der Waals surface area contributed by atoms with E-state index in [1.54, 1.807) is 12.1 Å². The van der Waals surface area contributed by atoms with Gasteiger partial charge in [-0.1, -0.05) is 43.0 Å². The summed E-state index contributed by atoms with van der Waals surface area (Å²) in [4.78, 5) is 20.2. The summed E-state index contributed by atoms with van der Waals surface area (Å²) in [6.07, 6.45) is 6.63. The van der Waals surface area contributed by atoms with Crippen molar-refractivity contribution >= 4 is 31.2 Å². The van der Waals surface area contributed by atoms with Crippen LogP contribution in [0, 0.1) is 5.82 Å². The van der Waals surface area contributed by atoms with E-state index < -0.39 is 25.6 Å². The van der Waals surface area contributed by atoms with Crippen LogP contribution in [0.5, 0.6) is 0 Å². The fourth-order valence-corrected chi connectivity index (χ4v) is 8.71. The lowest BCUT2D eigenvalue weighted by molar-refractivity contribution is 0.313. The Kier molecular flexibility index (Phi) is 8.64. The molecule has 0 spiro atoms. The van der Waals surface area contributed by atoms with Crippen molar-refractivity contribution in [2.45, 2.75) is 79.7 Å². The lowest BCUT2D eigenvalue weighted by Crippen LogP contribution is -2.38. The fourth-order valence-electron chi connectivity index (χ4n) is 5.94. The number of piperidine rings is 1. The van der Waals surface area contributed by atoms with Crippen molar-refractivity contribution in [2.75, 3.05) is 13.1 Å². The lowest BCUT2D eigenvalue weighted by Gasteiger charge is -2.30. The summed E-state index contributed by atoms with van der Waals surface area (Å²) >= 11 is 0. The van der Waals surface area contributed by atoms with Gasteiger partial charge in [0, 0.05) is 25.0 Å². The number of nitrogens with one attached hydrogen (secondary N) is 2. The Morgan fingerprint density at radius 1 is 0.864 bits per heavy atom. The summed E-state index contributed by atoms with van der Waals surface area (Å²) in [6.45, 7) is 0.649. The van der Waals surface area contributed by atoms with Gasteiger partial charge in [0.15, 0.2) is 11.2 Å². The molecule has 2 aromatic carbocycles. The topological polar surface area (TPSA) is 160 Å². The molecular weight excluding hydrogens is 609 g/mol. The van der Waals surface area contributed by atoms with Gasteiger partial charge in [-0.25, -0.2) is 35.6 Å². The van der Waals surface area contributed by atoms with E-state index in [2.05, 4.69) is 25.0 Å². The van der Waals surface area contributed by atoms with Crippen LogP contribution in [0.25, 0.3) is 11.2 Å². The van der Waals surface area contributed by atoms with Crippen molar-refractivity contribution < 1.29 is 21.2 Å². The van der Waals surface area contributed by atoms with Crippen molar-refractivity contribution in [3.63, 3.8) is 0 Å². The number of nitrogens with zero attached hydrogens (tertiary/aromatic N) is 5. The van der Waals surface area contributed by atoms with E-state index in [9.17, 15) is 26.0 Å². The molecular formula is C29H34FN7O5S2. The monoisotopic (exact) mass is 643 g/mol. The first kappa shape index (κ1) is 30.5. The van der Waals surface area contributed by atoms with Gasteiger partial charge in [0.25, 0.3) is 5.56 Å². The van der Waals surface area contributed by atoms with E-state index in [1.807, 2.05) is 0 Å². The molecule has 0 amide bonds. The Hall–Kier alpha value is -3.53. The summed E-state index contributed by atoms with van der Waals surface area (Å²) in [5.41, 5.74) is 0.716. The van der Waals surface area contributed by atoms with Gasteiger partial charge in [0.2, 0.25) is 20.0 Å². The van der Waals surface area contributed by atoms with Crippen LogP contribution in [-0.4, -0.2) is 65.2 Å². The number of sulfonamides is 2. The highest BCUT2D eigenvalue weighted by Crippen LogP contribution is 2.30. The van der Waals surface area contributed by atoms with Crippen molar-refractivity contribution in [3.8, 4) is 0 Å². The molecule has 0 atom stereocenters. The van der Waals surface area contributed by atoms with Crippen LogP contribution < -0.4 is 10.3 Å². The van der Waals surface area contributed by atoms with Crippen LogP contribution in [0.15, 0.2) is 63.1 Å². The Balaban J connectivity index is 1.13. The van der Waals surface area contributed by atoms with Gasteiger partial charge in [-0.05, 0) is 67.6 Å². The van der Waals surface area contributed by atoms with Crippen LogP contribution in [0.3, 0.4) is 0 Å². The molecule has 12 nitrogen and oxygen atoms in total. The minimum Gasteiger partial charge on any atom is -0.308 e. The first-order valence-electron chi connectivity index (χ1n) is 14.8. The van der Waals surface area contributed by atoms with Crippen LogP contribution in [0.2, 0.25) is 0 Å². The van der Waals surface area contributed by atoms with E-state index >= 15 is 0 Å². The molecule has 2 aromatic heterocycles. The highest BCUT2D eigenvalue weighted by atomic mass is 32.2. The minimum absolute atomic E-state index is 0.0214. The van der Waals surface area contributed by atoms with Gasteiger partial charge in [0.1, 0.15) is 11.6 Å². The Bertz CT molecular complexity index is 1890. The maximum atomic E-state index is 13.4. The highest BCUT2D eigenvalue weighted by molar-refractivity contribution is 7.89. The van der Waals surface area contributed by atoms with Crippen LogP contribution in [0.4, 0.5) is 4.39 Å². The molecule has 1 saturated heterocycles. The zero-order valence-electron chi connectivity index (χ0n) is 24.0. The zero-order chi connectivity index (χ0) is 30.9. The molecule has 44 heavy (non-hydrogen) atoms. The molecule has 6 rings (SSSR count). The normalized spacial score (nSPS) is 18.0. The molecule has 234 valence electrons. The Morgan fingerprint density at radius 2 is 1.50 bits per heavy atom. The smallest absolute Gasteiger partial charge is 0.281 e. The summed E-state index contributed by atoms with van der Waals surface area (Å²) in [5.74, 6) is -0.127. The first-order chi connectivity index (χ1) is 21.1. The van der Waals surface area contributed by atoms with Crippen LogP contribution in [0.1, 0.15) is 68.7 Å². The fraction of sp³-hybridized carbons (Fsp3) is 0.448. The Morgan fingerprint density at radius 3 is 2.16 bits per heavy atom. The third-order valence-corrected chi connectivity index (χ3v) is 11.9. The molecule has 1 saturated carbocycles. The SMILES string of the molecule is O=c1[nH]c(C2CCN(S(=O)(=O)c3ccc(S(=O)(=O)NC4CCCCCC4)cc3)CC2)nc2c1nnn2Cc1ccc(F)cc1. The molecule has 2 aliphatic rings. The van der Waals surface area contributed by atoms with Crippen LogP contribution >= 0.6 is 0 Å². The lowest BCUT2D eigenvalue weighted by atomic mass is 9.97. The van der Waals surface area contributed by atoms with E-state index in [0.29, 0.717) is 24.3 Å². The number of benzene rings is 2. The molecule has 0 radical (unpaired) electrons. The summed E-state index contributed by atoms with van der Waals surface area (Å²) < 4.78 is 71.7. The third-order valence-electron chi connectivity index (χ3n) is 8.43. The number of fused-ring (bicyclic) bond motifs is 1. The third kappa shape index (κ3) is 6.46.